The van der Waals surface area contributed by atoms with Crippen LogP contribution in [0.1, 0.15) is 16.7 Å². The number of phenols is 3. The molecular formula is C27H25NO4. The fraction of sp³-hybridized carbons (Fsp3) is 0.111. The first kappa shape index (κ1) is 21.1. The molecule has 4 rings (SSSR count). The van der Waals surface area contributed by atoms with Crippen molar-refractivity contribution in [2.24, 2.45) is 0 Å². The lowest BCUT2D eigenvalue weighted by molar-refractivity contribution is 0.461. The van der Waals surface area contributed by atoms with Crippen LogP contribution < -0.4 is 9.64 Å². The molecular weight excluding hydrogens is 402 g/mol. The molecule has 4 aromatic rings. The highest BCUT2D eigenvalue weighted by Gasteiger charge is 2.15. The Bertz CT molecular complexity index is 1210. The van der Waals surface area contributed by atoms with E-state index in [2.05, 4.69) is 0 Å². The summed E-state index contributed by atoms with van der Waals surface area (Å²) in [4.78, 5) is 1.95. The van der Waals surface area contributed by atoms with E-state index in [1.54, 1.807) is 30.3 Å². The Hall–Kier alpha value is -4.12. The Morgan fingerprint density at radius 2 is 1.09 bits per heavy atom. The summed E-state index contributed by atoms with van der Waals surface area (Å²) < 4.78 is 5.97. The zero-order valence-electron chi connectivity index (χ0n) is 18.2. The van der Waals surface area contributed by atoms with Crippen molar-refractivity contribution in [3.05, 3.63) is 95.6 Å². The van der Waals surface area contributed by atoms with Gasteiger partial charge in [-0.25, -0.2) is 0 Å². The second-order valence-electron chi connectivity index (χ2n) is 7.82. The number of aryl methyl sites for hydroxylation is 3. The maximum Gasteiger partial charge on any atom is 0.130 e. The summed E-state index contributed by atoms with van der Waals surface area (Å²) in [5.74, 6) is 1.92. The van der Waals surface area contributed by atoms with E-state index >= 15 is 0 Å². The predicted molar refractivity (Wildman–Crippen MR) is 127 cm³/mol. The Kier molecular flexibility index (Phi) is 5.65. The van der Waals surface area contributed by atoms with Crippen molar-refractivity contribution < 1.29 is 20.1 Å². The van der Waals surface area contributed by atoms with Gasteiger partial charge in [-0.3, -0.25) is 0 Å². The van der Waals surface area contributed by atoms with Gasteiger partial charge in [-0.2, -0.15) is 0 Å². The van der Waals surface area contributed by atoms with Crippen LogP contribution in [0.15, 0.2) is 78.9 Å². The highest BCUT2D eigenvalue weighted by Crippen LogP contribution is 2.39. The first-order valence-corrected chi connectivity index (χ1v) is 10.3. The first-order valence-electron chi connectivity index (χ1n) is 10.3. The monoisotopic (exact) mass is 427 g/mol. The largest absolute Gasteiger partial charge is 0.508 e. The molecule has 0 heterocycles. The maximum absolute atomic E-state index is 10.3. The lowest BCUT2D eigenvalue weighted by Crippen LogP contribution is -2.10. The van der Waals surface area contributed by atoms with Gasteiger partial charge in [-0.15, -0.1) is 0 Å². The first-order chi connectivity index (χ1) is 15.3. The summed E-state index contributed by atoms with van der Waals surface area (Å²) in [6.45, 7) is 5.57. The molecule has 0 saturated heterocycles. The van der Waals surface area contributed by atoms with Gasteiger partial charge in [0.2, 0.25) is 0 Å². The van der Waals surface area contributed by atoms with E-state index in [-0.39, 0.29) is 17.2 Å². The molecule has 0 bridgehead atoms. The van der Waals surface area contributed by atoms with Gasteiger partial charge in [0.15, 0.2) is 0 Å². The second kappa shape index (κ2) is 8.55. The number of aromatic hydroxyl groups is 3. The molecule has 0 aromatic heterocycles. The van der Waals surface area contributed by atoms with Gasteiger partial charge in [0.05, 0.1) is 0 Å². The van der Waals surface area contributed by atoms with E-state index in [9.17, 15) is 15.3 Å². The van der Waals surface area contributed by atoms with Crippen LogP contribution in [0.4, 0.5) is 17.1 Å². The van der Waals surface area contributed by atoms with Gasteiger partial charge in [0, 0.05) is 29.2 Å². The van der Waals surface area contributed by atoms with E-state index in [0.717, 1.165) is 33.8 Å². The fourth-order valence-electron chi connectivity index (χ4n) is 3.46. The van der Waals surface area contributed by atoms with Gasteiger partial charge in [0.25, 0.3) is 0 Å². The highest BCUT2D eigenvalue weighted by atomic mass is 16.5. The quantitative estimate of drug-likeness (QED) is 0.320. The third-order valence-electron chi connectivity index (χ3n) is 5.38. The molecule has 0 radical (unpaired) electrons. The van der Waals surface area contributed by atoms with Crippen LogP contribution in [0.3, 0.4) is 0 Å². The van der Waals surface area contributed by atoms with Gasteiger partial charge < -0.3 is 25.0 Å². The van der Waals surface area contributed by atoms with Crippen molar-refractivity contribution in [2.75, 3.05) is 4.90 Å². The number of nitrogens with zero attached hydrogens (tertiary/aromatic N) is 1. The summed E-state index contributed by atoms with van der Waals surface area (Å²) in [6, 6.07) is 23.5. The molecule has 4 aromatic carbocycles. The average Bonchev–Trinajstić information content (AvgIpc) is 2.76. The lowest BCUT2D eigenvalue weighted by atomic mass is 10.1. The highest BCUT2D eigenvalue weighted by molar-refractivity contribution is 5.78. The van der Waals surface area contributed by atoms with Crippen LogP contribution >= 0.6 is 0 Å². The molecule has 5 heteroatoms. The predicted octanol–water partition coefficient (Wildman–Crippen LogP) is 6.99. The van der Waals surface area contributed by atoms with Crippen molar-refractivity contribution in [3.8, 4) is 28.7 Å². The van der Waals surface area contributed by atoms with Gasteiger partial charge in [-0.1, -0.05) is 12.1 Å². The van der Waals surface area contributed by atoms with Crippen LogP contribution in [-0.2, 0) is 0 Å². The van der Waals surface area contributed by atoms with Gasteiger partial charge >= 0.3 is 0 Å². The van der Waals surface area contributed by atoms with E-state index in [1.165, 1.54) is 0 Å². The van der Waals surface area contributed by atoms with E-state index < -0.39 is 0 Å². The summed E-state index contributed by atoms with van der Waals surface area (Å²) in [6.07, 6.45) is 0. The summed E-state index contributed by atoms with van der Waals surface area (Å²) in [7, 11) is 0. The van der Waals surface area contributed by atoms with Crippen molar-refractivity contribution in [1.29, 1.82) is 0 Å². The number of benzene rings is 4. The molecule has 0 atom stereocenters. The lowest BCUT2D eigenvalue weighted by Gasteiger charge is -2.26. The number of rotatable bonds is 5. The molecule has 162 valence electrons. The third kappa shape index (κ3) is 4.32. The zero-order chi connectivity index (χ0) is 22.8. The molecule has 5 nitrogen and oxygen atoms in total. The number of hydrogen-bond acceptors (Lipinski definition) is 5. The molecule has 32 heavy (non-hydrogen) atoms. The normalized spacial score (nSPS) is 10.7. The van der Waals surface area contributed by atoms with Crippen molar-refractivity contribution in [1.82, 2.24) is 0 Å². The molecule has 0 amide bonds. The molecule has 3 N–H and O–H groups in total. The number of ether oxygens (including phenoxy) is 1. The van der Waals surface area contributed by atoms with Gasteiger partial charge in [-0.05, 0) is 92.1 Å². The van der Waals surface area contributed by atoms with Gasteiger partial charge in [0.1, 0.15) is 28.7 Å². The molecule has 0 unspecified atom stereocenters. The average molecular weight is 428 g/mol. The van der Waals surface area contributed by atoms with Crippen LogP contribution in [-0.4, -0.2) is 15.3 Å². The Morgan fingerprint density at radius 1 is 0.562 bits per heavy atom. The van der Waals surface area contributed by atoms with E-state index in [4.69, 9.17) is 4.74 Å². The minimum Gasteiger partial charge on any atom is -0.508 e. The topological polar surface area (TPSA) is 73.2 Å². The zero-order valence-corrected chi connectivity index (χ0v) is 18.2. The molecule has 0 fully saturated rings. The number of hydrogen-bond donors (Lipinski definition) is 3. The standard InChI is InChI=1S/C27H25NO4/c1-17-4-6-21(15-25(17)30)28(22-7-5-18(2)26(31)16-22)20-8-11-24(12-9-20)32-27-13-10-23(29)14-19(27)3/h4-16,29-31H,1-3H3. The summed E-state index contributed by atoms with van der Waals surface area (Å²) >= 11 is 0. The van der Waals surface area contributed by atoms with E-state index in [1.807, 2.05) is 74.2 Å². The molecule has 0 spiro atoms. The maximum atomic E-state index is 10.3. The SMILES string of the molecule is Cc1ccc(N(c2ccc(Oc3ccc(O)cc3C)cc2)c2ccc(C)c(O)c2)cc1O. The van der Waals surface area contributed by atoms with Crippen molar-refractivity contribution in [2.45, 2.75) is 20.8 Å². The van der Waals surface area contributed by atoms with Crippen LogP contribution in [0.2, 0.25) is 0 Å². The summed E-state index contributed by atoms with van der Waals surface area (Å²) in [5.41, 5.74) is 4.77. The Morgan fingerprint density at radius 3 is 1.59 bits per heavy atom. The van der Waals surface area contributed by atoms with Crippen LogP contribution in [0, 0.1) is 20.8 Å². The van der Waals surface area contributed by atoms with E-state index in [0.29, 0.717) is 11.5 Å². The number of phenolic OH excluding ortho intramolecular Hbond substituents is 3. The smallest absolute Gasteiger partial charge is 0.130 e. The van der Waals surface area contributed by atoms with Crippen molar-refractivity contribution >= 4 is 17.1 Å². The number of anilines is 3. The Balaban J connectivity index is 1.72. The molecule has 0 aliphatic rings. The summed E-state index contributed by atoms with van der Waals surface area (Å²) in [5, 5.41) is 30.2. The third-order valence-corrected chi connectivity index (χ3v) is 5.38. The molecule has 0 aliphatic carbocycles. The van der Waals surface area contributed by atoms with Crippen LogP contribution in [0.25, 0.3) is 0 Å². The molecule has 0 saturated carbocycles. The minimum atomic E-state index is 0.198. The minimum absolute atomic E-state index is 0.198. The Labute approximate surface area is 187 Å². The van der Waals surface area contributed by atoms with Crippen LogP contribution in [0.5, 0.6) is 28.7 Å². The van der Waals surface area contributed by atoms with Crippen molar-refractivity contribution in [3.63, 3.8) is 0 Å². The fourth-order valence-corrected chi connectivity index (χ4v) is 3.46. The second-order valence-corrected chi connectivity index (χ2v) is 7.82. The molecule has 0 aliphatic heterocycles.